The molecule has 1 N–H and O–H groups in total. The minimum atomic E-state index is -0.109. The number of nitrogens with zero attached hydrogens (tertiary/aromatic N) is 2. The molecule has 0 aliphatic rings. The van der Waals surface area contributed by atoms with Crippen molar-refractivity contribution in [1.82, 2.24) is 15.1 Å². The molecule has 20 heavy (non-hydrogen) atoms. The molecular formula is C15H17N3OS. The topological polar surface area (TPSA) is 46.9 Å². The van der Waals surface area contributed by atoms with Gasteiger partial charge < -0.3 is 5.32 Å². The number of hydrogen-bond donors (Lipinski definition) is 1. The van der Waals surface area contributed by atoms with Crippen molar-refractivity contribution in [2.45, 2.75) is 11.4 Å². The first-order valence-corrected chi connectivity index (χ1v) is 7.47. The molecular weight excluding hydrogens is 270 g/mol. The lowest BCUT2D eigenvalue weighted by Gasteiger charge is -1.99. The van der Waals surface area contributed by atoms with Gasteiger partial charge in [0.2, 0.25) is 5.91 Å². The van der Waals surface area contributed by atoms with Gasteiger partial charge in [-0.05, 0) is 30.0 Å². The molecule has 0 aliphatic heterocycles. The van der Waals surface area contributed by atoms with Crippen molar-refractivity contribution >= 4 is 23.7 Å². The molecule has 0 radical (unpaired) electrons. The number of hydrogen-bond acceptors (Lipinski definition) is 3. The Kier molecular flexibility index (Phi) is 5.01. The Labute approximate surface area is 122 Å². The molecule has 0 bridgehead atoms. The normalized spacial score (nSPS) is 10.9. The summed E-state index contributed by atoms with van der Waals surface area (Å²) in [5.41, 5.74) is 2.00. The smallest absolute Gasteiger partial charge is 0.244 e. The Morgan fingerprint density at radius 2 is 2.15 bits per heavy atom. The molecule has 0 saturated carbocycles. The number of benzene rings is 1. The number of amides is 1. The van der Waals surface area contributed by atoms with E-state index in [-0.39, 0.29) is 5.91 Å². The Balaban J connectivity index is 1.85. The van der Waals surface area contributed by atoms with Crippen molar-refractivity contribution < 1.29 is 4.79 Å². The maximum absolute atomic E-state index is 11.7. The average molecular weight is 287 g/mol. The van der Waals surface area contributed by atoms with Gasteiger partial charge in [-0.1, -0.05) is 12.1 Å². The maximum Gasteiger partial charge on any atom is 0.244 e. The largest absolute Gasteiger partial charge is 0.348 e. The van der Waals surface area contributed by atoms with Crippen molar-refractivity contribution in [1.29, 1.82) is 0 Å². The summed E-state index contributed by atoms with van der Waals surface area (Å²) in [6.45, 7) is 0.489. The van der Waals surface area contributed by atoms with E-state index in [1.165, 1.54) is 4.90 Å². The molecule has 0 atom stereocenters. The summed E-state index contributed by atoms with van der Waals surface area (Å²) in [6, 6.07) is 8.07. The molecule has 1 heterocycles. The van der Waals surface area contributed by atoms with E-state index in [4.69, 9.17) is 0 Å². The molecule has 5 heteroatoms. The molecule has 2 rings (SSSR count). The van der Waals surface area contributed by atoms with E-state index in [1.54, 1.807) is 28.7 Å². The second-order valence-electron chi connectivity index (χ2n) is 4.35. The lowest BCUT2D eigenvalue weighted by Crippen LogP contribution is -2.19. The second-order valence-corrected chi connectivity index (χ2v) is 5.23. The first kappa shape index (κ1) is 14.4. The summed E-state index contributed by atoms with van der Waals surface area (Å²) in [7, 11) is 1.85. The Bertz CT molecular complexity index is 602. The van der Waals surface area contributed by atoms with E-state index in [0.717, 1.165) is 11.1 Å². The summed E-state index contributed by atoms with van der Waals surface area (Å²) in [5, 5.41) is 6.87. The summed E-state index contributed by atoms with van der Waals surface area (Å²) >= 11 is 1.70. The summed E-state index contributed by atoms with van der Waals surface area (Å²) in [5.74, 6) is -0.109. The van der Waals surface area contributed by atoms with Crippen molar-refractivity contribution in [2.75, 3.05) is 6.26 Å². The van der Waals surface area contributed by atoms with Crippen molar-refractivity contribution in [3.63, 3.8) is 0 Å². The van der Waals surface area contributed by atoms with Gasteiger partial charge in [-0.2, -0.15) is 5.10 Å². The van der Waals surface area contributed by atoms with Crippen LogP contribution in [0.15, 0.2) is 47.6 Å². The molecule has 104 valence electrons. The van der Waals surface area contributed by atoms with Gasteiger partial charge in [-0.3, -0.25) is 9.48 Å². The van der Waals surface area contributed by atoms with Crippen LogP contribution in [0.4, 0.5) is 0 Å². The van der Waals surface area contributed by atoms with Gasteiger partial charge in [0.25, 0.3) is 0 Å². The molecule has 0 fully saturated rings. The van der Waals surface area contributed by atoms with Crippen LogP contribution in [0.1, 0.15) is 11.1 Å². The van der Waals surface area contributed by atoms with E-state index in [0.29, 0.717) is 6.54 Å². The minimum Gasteiger partial charge on any atom is -0.348 e. The minimum absolute atomic E-state index is 0.109. The fourth-order valence-electron chi connectivity index (χ4n) is 1.70. The number of thioether (sulfide) groups is 1. The Morgan fingerprint density at radius 3 is 2.75 bits per heavy atom. The van der Waals surface area contributed by atoms with E-state index < -0.39 is 0 Å². The quantitative estimate of drug-likeness (QED) is 0.679. The zero-order chi connectivity index (χ0) is 14.4. The third-order valence-corrected chi connectivity index (χ3v) is 3.51. The molecule has 1 aromatic carbocycles. The summed E-state index contributed by atoms with van der Waals surface area (Å²) < 4.78 is 1.71. The van der Waals surface area contributed by atoms with Crippen LogP contribution in [0.3, 0.4) is 0 Å². The summed E-state index contributed by atoms with van der Waals surface area (Å²) in [4.78, 5) is 12.9. The average Bonchev–Trinajstić information content (AvgIpc) is 2.89. The van der Waals surface area contributed by atoms with Gasteiger partial charge in [0, 0.05) is 36.3 Å². The van der Waals surface area contributed by atoms with Crippen molar-refractivity contribution in [3.8, 4) is 0 Å². The SMILES string of the molecule is CSc1ccc(C=CC(=O)NCc2cnn(C)c2)cc1. The number of aromatic nitrogens is 2. The predicted molar refractivity (Wildman–Crippen MR) is 82.3 cm³/mol. The maximum atomic E-state index is 11.7. The molecule has 1 amide bonds. The van der Waals surface area contributed by atoms with Gasteiger partial charge in [0.15, 0.2) is 0 Å². The van der Waals surface area contributed by atoms with Crippen LogP contribution >= 0.6 is 11.8 Å². The fourth-order valence-corrected chi connectivity index (χ4v) is 2.11. The number of nitrogens with one attached hydrogen (secondary N) is 1. The second kappa shape index (κ2) is 6.96. The molecule has 0 aliphatic carbocycles. The highest BCUT2D eigenvalue weighted by molar-refractivity contribution is 7.98. The van der Waals surface area contributed by atoms with Gasteiger partial charge in [0.05, 0.1) is 6.20 Å². The first-order chi connectivity index (χ1) is 9.67. The fraction of sp³-hybridized carbons (Fsp3) is 0.200. The number of rotatable bonds is 5. The Hall–Kier alpha value is -2.01. The van der Waals surface area contributed by atoms with Crippen LogP contribution < -0.4 is 5.32 Å². The van der Waals surface area contributed by atoms with Crippen LogP contribution in [-0.4, -0.2) is 21.9 Å². The number of carbonyl (C=O) groups is 1. The predicted octanol–water partition coefficient (Wildman–Crippen LogP) is 2.47. The number of aryl methyl sites for hydroxylation is 1. The lowest BCUT2D eigenvalue weighted by atomic mass is 10.2. The molecule has 1 aromatic heterocycles. The van der Waals surface area contributed by atoms with Crippen LogP contribution in [0.2, 0.25) is 0 Å². The van der Waals surface area contributed by atoms with Gasteiger partial charge in [0.1, 0.15) is 0 Å². The molecule has 0 saturated heterocycles. The van der Waals surface area contributed by atoms with Crippen LogP contribution in [0.25, 0.3) is 6.08 Å². The van der Waals surface area contributed by atoms with E-state index in [1.807, 2.05) is 49.8 Å². The Morgan fingerprint density at radius 1 is 1.40 bits per heavy atom. The van der Waals surface area contributed by atoms with Gasteiger partial charge in [-0.25, -0.2) is 0 Å². The van der Waals surface area contributed by atoms with Gasteiger partial charge >= 0.3 is 0 Å². The molecule has 0 unspecified atom stereocenters. The lowest BCUT2D eigenvalue weighted by molar-refractivity contribution is -0.116. The molecule has 2 aromatic rings. The third kappa shape index (κ3) is 4.28. The van der Waals surface area contributed by atoms with Crippen LogP contribution in [-0.2, 0) is 18.4 Å². The van der Waals surface area contributed by atoms with Crippen molar-refractivity contribution in [2.24, 2.45) is 7.05 Å². The number of carbonyl (C=O) groups excluding carboxylic acids is 1. The third-order valence-electron chi connectivity index (χ3n) is 2.77. The monoisotopic (exact) mass is 287 g/mol. The highest BCUT2D eigenvalue weighted by Gasteiger charge is 1.98. The standard InChI is InChI=1S/C15H17N3OS/c1-18-11-13(10-17-18)9-16-15(19)8-5-12-3-6-14(20-2)7-4-12/h3-8,10-11H,9H2,1-2H3,(H,16,19). The molecule has 0 spiro atoms. The van der Waals surface area contributed by atoms with Crippen LogP contribution in [0.5, 0.6) is 0 Å². The zero-order valence-electron chi connectivity index (χ0n) is 11.5. The first-order valence-electron chi connectivity index (χ1n) is 6.25. The summed E-state index contributed by atoms with van der Waals surface area (Å²) in [6.07, 6.45) is 9.01. The van der Waals surface area contributed by atoms with E-state index >= 15 is 0 Å². The van der Waals surface area contributed by atoms with Gasteiger partial charge in [-0.15, -0.1) is 11.8 Å². The zero-order valence-corrected chi connectivity index (χ0v) is 12.4. The highest BCUT2D eigenvalue weighted by atomic mass is 32.2. The molecule has 4 nitrogen and oxygen atoms in total. The van der Waals surface area contributed by atoms with Crippen molar-refractivity contribution in [3.05, 3.63) is 53.9 Å². The van der Waals surface area contributed by atoms with E-state index in [9.17, 15) is 4.79 Å². The van der Waals surface area contributed by atoms with E-state index in [2.05, 4.69) is 10.4 Å². The highest BCUT2D eigenvalue weighted by Crippen LogP contribution is 2.15. The van der Waals surface area contributed by atoms with Crippen LogP contribution in [0, 0.1) is 0 Å².